The van der Waals surface area contributed by atoms with Gasteiger partial charge in [-0.15, -0.1) is 0 Å². The number of aliphatic carboxylic acids is 1. The molecular formula is C12H18N2O3. The Labute approximate surface area is 100 Å². The monoisotopic (exact) mass is 238 g/mol. The first-order chi connectivity index (χ1) is 7.93. The molecule has 0 unspecified atom stereocenters. The van der Waals surface area contributed by atoms with Crippen LogP contribution in [0.4, 0.5) is 0 Å². The molecule has 1 heterocycles. The number of nitrogens with one attached hydrogen (secondary N) is 1. The highest BCUT2D eigenvalue weighted by molar-refractivity contribution is 5.95. The van der Waals surface area contributed by atoms with Crippen LogP contribution >= 0.6 is 0 Å². The van der Waals surface area contributed by atoms with E-state index in [0.29, 0.717) is 5.56 Å². The van der Waals surface area contributed by atoms with Crippen LogP contribution in [0.2, 0.25) is 0 Å². The first-order valence-corrected chi connectivity index (χ1v) is 5.59. The molecule has 0 aliphatic heterocycles. The van der Waals surface area contributed by atoms with Gasteiger partial charge < -0.3 is 15.0 Å². The van der Waals surface area contributed by atoms with Gasteiger partial charge in [0.2, 0.25) is 0 Å². The molecule has 0 aliphatic carbocycles. The predicted molar refractivity (Wildman–Crippen MR) is 64.0 cm³/mol. The Balaban J connectivity index is 2.81. The van der Waals surface area contributed by atoms with E-state index in [2.05, 4.69) is 4.98 Å². The van der Waals surface area contributed by atoms with Gasteiger partial charge in [0.1, 0.15) is 0 Å². The van der Waals surface area contributed by atoms with E-state index in [0.717, 1.165) is 5.56 Å². The van der Waals surface area contributed by atoms with E-state index < -0.39 is 5.97 Å². The Morgan fingerprint density at radius 2 is 2.06 bits per heavy atom. The molecule has 0 saturated heterocycles. The summed E-state index contributed by atoms with van der Waals surface area (Å²) in [6, 6.07) is -0.0175. The number of aromatic amines is 1. The van der Waals surface area contributed by atoms with E-state index in [1.54, 1.807) is 17.3 Å². The molecule has 1 aromatic rings. The lowest BCUT2D eigenvalue weighted by atomic mass is 10.1. The summed E-state index contributed by atoms with van der Waals surface area (Å²) in [5.41, 5.74) is 1.47. The fourth-order valence-corrected chi connectivity index (χ4v) is 1.64. The number of hydrogen-bond acceptors (Lipinski definition) is 2. The minimum absolute atomic E-state index is 0.0175. The third-order valence-corrected chi connectivity index (χ3v) is 2.63. The lowest BCUT2D eigenvalue weighted by Crippen LogP contribution is -2.38. The van der Waals surface area contributed by atoms with Crippen molar-refractivity contribution in [3.05, 3.63) is 23.5 Å². The maximum Gasteiger partial charge on any atom is 0.305 e. The predicted octanol–water partition coefficient (Wildman–Crippen LogP) is 1.65. The molecule has 0 spiro atoms. The zero-order valence-electron chi connectivity index (χ0n) is 10.4. The molecule has 0 atom stereocenters. The van der Waals surface area contributed by atoms with E-state index in [1.165, 1.54) is 0 Å². The van der Waals surface area contributed by atoms with Crippen LogP contribution in [0, 0.1) is 6.92 Å². The number of amides is 1. The van der Waals surface area contributed by atoms with Gasteiger partial charge in [-0.2, -0.15) is 0 Å². The van der Waals surface area contributed by atoms with Gasteiger partial charge in [0, 0.05) is 25.0 Å². The molecule has 5 heteroatoms. The Kier molecular flexibility index (Phi) is 4.31. The zero-order valence-corrected chi connectivity index (χ0v) is 10.4. The van der Waals surface area contributed by atoms with Gasteiger partial charge in [-0.3, -0.25) is 9.59 Å². The van der Waals surface area contributed by atoms with Crippen molar-refractivity contribution in [2.75, 3.05) is 6.54 Å². The normalized spacial score (nSPS) is 10.6. The quantitative estimate of drug-likeness (QED) is 0.819. The fourth-order valence-electron chi connectivity index (χ4n) is 1.64. The van der Waals surface area contributed by atoms with Gasteiger partial charge in [0.15, 0.2) is 0 Å². The summed E-state index contributed by atoms with van der Waals surface area (Å²) in [7, 11) is 0. The molecule has 1 amide bonds. The number of H-pyrrole nitrogens is 1. The molecule has 1 rings (SSSR count). The number of aromatic nitrogens is 1. The summed E-state index contributed by atoms with van der Waals surface area (Å²) < 4.78 is 0. The van der Waals surface area contributed by atoms with E-state index in [9.17, 15) is 9.59 Å². The Bertz CT molecular complexity index is 410. The summed E-state index contributed by atoms with van der Waals surface area (Å²) >= 11 is 0. The third kappa shape index (κ3) is 3.34. The van der Waals surface area contributed by atoms with Crippen LogP contribution in [0.15, 0.2) is 12.4 Å². The van der Waals surface area contributed by atoms with Gasteiger partial charge in [-0.25, -0.2) is 0 Å². The highest BCUT2D eigenvalue weighted by Crippen LogP contribution is 2.12. The van der Waals surface area contributed by atoms with Gasteiger partial charge in [0.05, 0.1) is 12.0 Å². The lowest BCUT2D eigenvalue weighted by Gasteiger charge is -2.26. The second-order valence-electron chi connectivity index (χ2n) is 4.29. The number of rotatable bonds is 5. The van der Waals surface area contributed by atoms with Crippen LogP contribution in [0.1, 0.15) is 36.2 Å². The standard InChI is InChI=1S/C12H18N2O3/c1-8(2)14(5-4-11(15)16)12(17)10-7-13-6-9(10)3/h6-8,13H,4-5H2,1-3H3,(H,15,16). The Morgan fingerprint density at radius 3 is 2.47 bits per heavy atom. The number of nitrogens with zero attached hydrogens (tertiary/aromatic N) is 1. The first-order valence-electron chi connectivity index (χ1n) is 5.59. The highest BCUT2D eigenvalue weighted by atomic mass is 16.4. The summed E-state index contributed by atoms with van der Waals surface area (Å²) in [6.45, 7) is 5.83. The van der Waals surface area contributed by atoms with Crippen molar-refractivity contribution < 1.29 is 14.7 Å². The van der Waals surface area contributed by atoms with Crippen LogP contribution in [-0.2, 0) is 4.79 Å². The van der Waals surface area contributed by atoms with E-state index >= 15 is 0 Å². The molecule has 1 aromatic heterocycles. The van der Waals surface area contributed by atoms with Crippen LogP contribution < -0.4 is 0 Å². The van der Waals surface area contributed by atoms with Gasteiger partial charge in [-0.05, 0) is 26.3 Å². The lowest BCUT2D eigenvalue weighted by molar-refractivity contribution is -0.137. The number of hydrogen-bond donors (Lipinski definition) is 2. The summed E-state index contributed by atoms with van der Waals surface area (Å²) in [5, 5.41) is 8.67. The highest BCUT2D eigenvalue weighted by Gasteiger charge is 2.21. The summed E-state index contributed by atoms with van der Waals surface area (Å²) in [4.78, 5) is 27.2. The molecule has 0 fully saturated rings. The molecule has 0 saturated carbocycles. The van der Waals surface area contributed by atoms with Crippen molar-refractivity contribution in [3.63, 3.8) is 0 Å². The smallest absolute Gasteiger partial charge is 0.305 e. The maximum atomic E-state index is 12.2. The maximum absolute atomic E-state index is 12.2. The van der Waals surface area contributed by atoms with E-state index in [4.69, 9.17) is 5.11 Å². The Morgan fingerprint density at radius 1 is 1.41 bits per heavy atom. The molecule has 0 aromatic carbocycles. The van der Waals surface area contributed by atoms with Crippen LogP contribution in [0.5, 0.6) is 0 Å². The molecule has 0 radical (unpaired) electrons. The van der Waals surface area contributed by atoms with E-state index in [-0.39, 0.29) is 24.9 Å². The summed E-state index contributed by atoms with van der Waals surface area (Å²) in [5.74, 6) is -1.02. The van der Waals surface area contributed by atoms with Crippen LogP contribution in [-0.4, -0.2) is 39.5 Å². The van der Waals surface area contributed by atoms with Gasteiger partial charge >= 0.3 is 5.97 Å². The molecule has 5 nitrogen and oxygen atoms in total. The molecule has 17 heavy (non-hydrogen) atoms. The van der Waals surface area contributed by atoms with Crippen molar-refractivity contribution in [2.24, 2.45) is 0 Å². The SMILES string of the molecule is Cc1c[nH]cc1C(=O)N(CCC(=O)O)C(C)C. The van der Waals surface area contributed by atoms with Crippen molar-refractivity contribution >= 4 is 11.9 Å². The number of carboxylic acid groups (broad SMARTS) is 1. The molecular weight excluding hydrogens is 220 g/mol. The second kappa shape index (κ2) is 5.52. The number of carbonyl (C=O) groups excluding carboxylic acids is 1. The zero-order chi connectivity index (χ0) is 13.0. The number of aryl methyl sites for hydroxylation is 1. The fraction of sp³-hybridized carbons (Fsp3) is 0.500. The largest absolute Gasteiger partial charge is 0.481 e. The molecule has 94 valence electrons. The average Bonchev–Trinajstić information content (AvgIpc) is 2.63. The van der Waals surface area contributed by atoms with Gasteiger partial charge in [0.25, 0.3) is 5.91 Å². The first kappa shape index (κ1) is 13.3. The van der Waals surface area contributed by atoms with Crippen LogP contribution in [0.3, 0.4) is 0 Å². The van der Waals surface area contributed by atoms with Crippen molar-refractivity contribution in [1.29, 1.82) is 0 Å². The second-order valence-corrected chi connectivity index (χ2v) is 4.29. The third-order valence-electron chi connectivity index (χ3n) is 2.63. The van der Waals surface area contributed by atoms with E-state index in [1.807, 2.05) is 20.8 Å². The minimum atomic E-state index is -0.894. The average molecular weight is 238 g/mol. The van der Waals surface area contributed by atoms with Crippen molar-refractivity contribution in [1.82, 2.24) is 9.88 Å². The van der Waals surface area contributed by atoms with Gasteiger partial charge in [-0.1, -0.05) is 0 Å². The van der Waals surface area contributed by atoms with Crippen molar-refractivity contribution in [2.45, 2.75) is 33.2 Å². The molecule has 2 N–H and O–H groups in total. The number of carboxylic acids is 1. The van der Waals surface area contributed by atoms with Crippen molar-refractivity contribution in [3.8, 4) is 0 Å². The van der Waals surface area contributed by atoms with Crippen LogP contribution in [0.25, 0.3) is 0 Å². The Hall–Kier alpha value is -1.78. The number of carbonyl (C=O) groups is 2. The topological polar surface area (TPSA) is 73.4 Å². The molecule has 0 bridgehead atoms. The molecule has 0 aliphatic rings. The minimum Gasteiger partial charge on any atom is -0.481 e. The summed E-state index contributed by atoms with van der Waals surface area (Å²) in [6.07, 6.45) is 3.37.